The van der Waals surface area contributed by atoms with Gasteiger partial charge in [-0.25, -0.2) is 0 Å². The van der Waals surface area contributed by atoms with Gasteiger partial charge in [0.15, 0.2) is 0 Å². The maximum Gasteiger partial charge on any atom is 0.0866 e. The minimum Gasteiger partial charge on any atom is -0.393 e. The molecule has 2 fully saturated rings. The first-order valence-corrected chi connectivity index (χ1v) is 6.67. The van der Waals surface area contributed by atoms with Crippen molar-refractivity contribution in [3.05, 3.63) is 0 Å². The highest BCUT2D eigenvalue weighted by Gasteiger charge is 2.34. The number of nitrogens with zero attached hydrogens (tertiary/aromatic N) is 2. The van der Waals surface area contributed by atoms with Crippen LogP contribution < -0.4 is 5.32 Å². The molecule has 3 unspecified atom stereocenters. The SMILES string of the molecule is CNC1CC(CC(O)C2CC2)CN(CC#N)C1. The van der Waals surface area contributed by atoms with Crippen LogP contribution in [0.3, 0.4) is 0 Å². The van der Waals surface area contributed by atoms with Crippen LogP contribution in [0, 0.1) is 23.2 Å². The fraction of sp³-hybridized carbons (Fsp3) is 0.923. The number of nitrogens with one attached hydrogen (secondary N) is 1. The minimum absolute atomic E-state index is 0.112. The maximum atomic E-state index is 10.0. The Morgan fingerprint density at radius 1 is 1.47 bits per heavy atom. The summed E-state index contributed by atoms with van der Waals surface area (Å²) in [4.78, 5) is 2.20. The van der Waals surface area contributed by atoms with Crippen molar-refractivity contribution < 1.29 is 5.11 Å². The van der Waals surface area contributed by atoms with Crippen LogP contribution >= 0.6 is 0 Å². The van der Waals surface area contributed by atoms with E-state index in [1.807, 2.05) is 7.05 Å². The largest absolute Gasteiger partial charge is 0.393 e. The van der Waals surface area contributed by atoms with Crippen LogP contribution in [0.5, 0.6) is 0 Å². The van der Waals surface area contributed by atoms with Gasteiger partial charge in [0, 0.05) is 19.1 Å². The van der Waals surface area contributed by atoms with E-state index in [4.69, 9.17) is 5.26 Å². The molecule has 4 nitrogen and oxygen atoms in total. The molecule has 1 aliphatic heterocycles. The Labute approximate surface area is 104 Å². The quantitative estimate of drug-likeness (QED) is 0.687. The summed E-state index contributed by atoms with van der Waals surface area (Å²) >= 11 is 0. The Kier molecular flexibility index (Phi) is 4.38. The topological polar surface area (TPSA) is 59.3 Å². The van der Waals surface area contributed by atoms with Crippen molar-refractivity contribution in [2.45, 2.75) is 37.8 Å². The molecule has 4 heteroatoms. The summed E-state index contributed by atoms with van der Waals surface area (Å²) in [6.45, 7) is 2.43. The Balaban J connectivity index is 1.84. The first-order valence-electron chi connectivity index (χ1n) is 6.67. The number of rotatable bonds is 5. The zero-order valence-corrected chi connectivity index (χ0v) is 10.6. The monoisotopic (exact) mass is 237 g/mol. The Hall–Kier alpha value is -0.630. The summed E-state index contributed by atoms with van der Waals surface area (Å²) in [6.07, 6.45) is 4.32. The van der Waals surface area contributed by atoms with E-state index < -0.39 is 0 Å². The molecule has 2 rings (SSSR count). The predicted molar refractivity (Wildman–Crippen MR) is 66.4 cm³/mol. The lowest BCUT2D eigenvalue weighted by atomic mass is 9.88. The molecule has 0 radical (unpaired) electrons. The number of likely N-dealkylation sites (N-methyl/N-ethyl adjacent to an activating group) is 1. The summed E-state index contributed by atoms with van der Waals surface area (Å²) in [6, 6.07) is 2.69. The lowest BCUT2D eigenvalue weighted by molar-refractivity contribution is 0.0809. The number of aliphatic hydroxyl groups is 1. The molecule has 2 N–H and O–H groups in total. The van der Waals surface area contributed by atoms with Crippen LogP contribution in [0.2, 0.25) is 0 Å². The molecule has 17 heavy (non-hydrogen) atoms. The molecular weight excluding hydrogens is 214 g/mol. The number of nitriles is 1. The molecule has 1 heterocycles. The van der Waals surface area contributed by atoms with Crippen molar-refractivity contribution in [1.82, 2.24) is 10.2 Å². The fourth-order valence-corrected chi connectivity index (χ4v) is 2.93. The van der Waals surface area contributed by atoms with Crippen molar-refractivity contribution in [2.75, 3.05) is 26.7 Å². The van der Waals surface area contributed by atoms with E-state index >= 15 is 0 Å². The van der Waals surface area contributed by atoms with E-state index in [0.29, 0.717) is 24.4 Å². The third kappa shape index (κ3) is 3.67. The van der Waals surface area contributed by atoms with Crippen LogP contribution in [0.4, 0.5) is 0 Å². The van der Waals surface area contributed by atoms with Gasteiger partial charge in [0.25, 0.3) is 0 Å². The second-order valence-corrected chi connectivity index (χ2v) is 5.58. The number of hydrogen-bond acceptors (Lipinski definition) is 4. The highest BCUT2D eigenvalue weighted by molar-refractivity contribution is 4.90. The number of hydrogen-bond donors (Lipinski definition) is 2. The van der Waals surface area contributed by atoms with E-state index in [1.54, 1.807) is 0 Å². The third-order valence-electron chi connectivity index (χ3n) is 4.06. The summed E-state index contributed by atoms with van der Waals surface area (Å²) in [7, 11) is 1.98. The van der Waals surface area contributed by atoms with Gasteiger partial charge in [-0.2, -0.15) is 5.26 Å². The molecule has 0 aromatic rings. The number of piperidine rings is 1. The van der Waals surface area contributed by atoms with Gasteiger partial charge in [0.1, 0.15) is 0 Å². The Morgan fingerprint density at radius 3 is 2.82 bits per heavy atom. The molecule has 2 aliphatic rings. The Bertz CT molecular complexity index is 285. The normalized spacial score (nSPS) is 32.1. The van der Waals surface area contributed by atoms with Crippen LogP contribution in [0.1, 0.15) is 25.7 Å². The smallest absolute Gasteiger partial charge is 0.0866 e. The van der Waals surface area contributed by atoms with Gasteiger partial charge in [-0.15, -0.1) is 0 Å². The van der Waals surface area contributed by atoms with Crippen molar-refractivity contribution in [3.63, 3.8) is 0 Å². The zero-order chi connectivity index (χ0) is 12.3. The van der Waals surface area contributed by atoms with E-state index in [2.05, 4.69) is 16.3 Å². The second kappa shape index (κ2) is 5.81. The predicted octanol–water partition coefficient (Wildman–Crippen LogP) is 0.581. The highest BCUT2D eigenvalue weighted by atomic mass is 16.3. The van der Waals surface area contributed by atoms with Crippen molar-refractivity contribution in [3.8, 4) is 6.07 Å². The van der Waals surface area contributed by atoms with Crippen LogP contribution in [-0.2, 0) is 0 Å². The van der Waals surface area contributed by atoms with Crippen molar-refractivity contribution >= 4 is 0 Å². The molecule has 0 aromatic carbocycles. The van der Waals surface area contributed by atoms with Gasteiger partial charge < -0.3 is 10.4 Å². The van der Waals surface area contributed by atoms with Gasteiger partial charge in [-0.1, -0.05) is 0 Å². The highest BCUT2D eigenvalue weighted by Crippen LogP contribution is 2.36. The molecular formula is C13H23N3O. The van der Waals surface area contributed by atoms with Gasteiger partial charge in [-0.05, 0) is 44.6 Å². The summed E-state index contributed by atoms with van der Waals surface area (Å²) in [5.41, 5.74) is 0. The molecule has 0 bridgehead atoms. The summed E-state index contributed by atoms with van der Waals surface area (Å²) < 4.78 is 0. The molecule has 3 atom stereocenters. The van der Waals surface area contributed by atoms with Crippen molar-refractivity contribution in [1.29, 1.82) is 5.26 Å². The fourth-order valence-electron chi connectivity index (χ4n) is 2.93. The lowest BCUT2D eigenvalue weighted by Gasteiger charge is -2.37. The molecule has 1 aliphatic carbocycles. The third-order valence-corrected chi connectivity index (χ3v) is 4.06. The molecule has 1 saturated heterocycles. The zero-order valence-electron chi connectivity index (χ0n) is 10.6. The molecule has 0 aromatic heterocycles. The van der Waals surface area contributed by atoms with Crippen LogP contribution in [0.25, 0.3) is 0 Å². The molecule has 1 saturated carbocycles. The maximum absolute atomic E-state index is 10.0. The van der Waals surface area contributed by atoms with Crippen LogP contribution in [-0.4, -0.2) is 48.8 Å². The average molecular weight is 237 g/mol. The standard InChI is InChI=1S/C13H23N3O/c1-15-12-6-10(7-13(17)11-2-3-11)8-16(9-12)5-4-14/h10-13,15,17H,2-3,5-9H2,1H3. The van der Waals surface area contributed by atoms with E-state index in [1.165, 1.54) is 12.8 Å². The van der Waals surface area contributed by atoms with E-state index in [9.17, 15) is 5.11 Å². The Morgan fingerprint density at radius 2 is 2.24 bits per heavy atom. The van der Waals surface area contributed by atoms with E-state index in [-0.39, 0.29) is 6.10 Å². The second-order valence-electron chi connectivity index (χ2n) is 5.58. The molecule has 96 valence electrons. The first-order chi connectivity index (χ1) is 8.22. The average Bonchev–Trinajstić information content (AvgIpc) is 3.12. The van der Waals surface area contributed by atoms with Crippen LogP contribution in [0.15, 0.2) is 0 Å². The summed E-state index contributed by atoms with van der Waals surface area (Å²) in [5.74, 6) is 1.10. The van der Waals surface area contributed by atoms with Gasteiger partial charge >= 0.3 is 0 Å². The lowest BCUT2D eigenvalue weighted by Crippen LogP contribution is -2.48. The van der Waals surface area contributed by atoms with Crippen molar-refractivity contribution in [2.24, 2.45) is 11.8 Å². The molecule has 0 amide bonds. The van der Waals surface area contributed by atoms with Gasteiger partial charge in [0.2, 0.25) is 0 Å². The molecule has 0 spiro atoms. The number of aliphatic hydroxyl groups excluding tert-OH is 1. The summed E-state index contributed by atoms with van der Waals surface area (Å²) in [5, 5.41) is 22.1. The van der Waals surface area contributed by atoms with Gasteiger partial charge in [0.05, 0.1) is 18.7 Å². The van der Waals surface area contributed by atoms with E-state index in [0.717, 1.165) is 25.9 Å². The minimum atomic E-state index is -0.112. The first kappa shape index (κ1) is 12.8. The number of likely N-dealkylation sites (tertiary alicyclic amines) is 1. The van der Waals surface area contributed by atoms with Gasteiger partial charge in [-0.3, -0.25) is 4.90 Å².